The summed E-state index contributed by atoms with van der Waals surface area (Å²) in [7, 11) is 0. The zero-order chi connectivity index (χ0) is 25.7. The van der Waals surface area contributed by atoms with Gasteiger partial charge in [0.15, 0.2) is 5.60 Å². The number of rotatable bonds is 23. The molecule has 0 heterocycles. The fraction of sp³-hybridized carbons (Fsp3) is 0.933. The van der Waals surface area contributed by atoms with Crippen LogP contribution in [0.3, 0.4) is 0 Å². The summed E-state index contributed by atoms with van der Waals surface area (Å²) in [5.41, 5.74) is -1.15. The SMILES string of the molecule is C.C.CCCCCCC(C)C(=O)OCC(CC)(CO)OC(=O)CCCCCCCCCCC(O)CC. The highest BCUT2D eigenvalue weighted by Gasteiger charge is 2.34. The van der Waals surface area contributed by atoms with E-state index in [-0.39, 0.29) is 52.0 Å². The lowest BCUT2D eigenvalue weighted by Crippen LogP contribution is -2.44. The summed E-state index contributed by atoms with van der Waals surface area (Å²) in [5.74, 6) is -0.821. The normalized spacial score (nSPS) is 14.1. The van der Waals surface area contributed by atoms with E-state index in [1.165, 1.54) is 25.7 Å². The molecule has 0 aliphatic carbocycles. The molecule has 0 aliphatic heterocycles. The maximum Gasteiger partial charge on any atom is 0.308 e. The van der Waals surface area contributed by atoms with Gasteiger partial charge in [-0.25, -0.2) is 0 Å². The van der Waals surface area contributed by atoms with Crippen molar-refractivity contribution in [3.63, 3.8) is 0 Å². The lowest BCUT2D eigenvalue weighted by molar-refractivity contribution is -0.180. The molecule has 0 aromatic carbocycles. The Labute approximate surface area is 223 Å². The number of hydrogen-bond donors (Lipinski definition) is 2. The summed E-state index contributed by atoms with van der Waals surface area (Å²) >= 11 is 0. The van der Waals surface area contributed by atoms with Gasteiger partial charge in [-0.3, -0.25) is 9.59 Å². The maximum absolute atomic E-state index is 12.4. The van der Waals surface area contributed by atoms with Gasteiger partial charge >= 0.3 is 11.9 Å². The Balaban J connectivity index is -0.00000544. The summed E-state index contributed by atoms with van der Waals surface area (Å²) in [5, 5.41) is 19.4. The highest BCUT2D eigenvalue weighted by Crippen LogP contribution is 2.20. The number of aliphatic hydroxyl groups is 2. The second-order valence-corrected chi connectivity index (χ2v) is 9.96. The van der Waals surface area contributed by atoms with Crippen molar-refractivity contribution >= 4 is 11.9 Å². The predicted molar refractivity (Wildman–Crippen MR) is 151 cm³/mol. The summed E-state index contributed by atoms with van der Waals surface area (Å²) in [6.07, 6.45) is 16.2. The Morgan fingerprint density at radius 3 is 1.86 bits per heavy atom. The molecular formula is C30H62O6. The van der Waals surface area contributed by atoms with Gasteiger partial charge in [-0.15, -0.1) is 0 Å². The number of unbranched alkanes of at least 4 members (excludes halogenated alkanes) is 10. The minimum atomic E-state index is -1.15. The molecule has 3 unspecified atom stereocenters. The van der Waals surface area contributed by atoms with Crippen molar-refractivity contribution in [2.45, 2.75) is 163 Å². The first kappa shape index (κ1) is 39.4. The zero-order valence-corrected chi connectivity index (χ0v) is 22.6. The van der Waals surface area contributed by atoms with Crippen LogP contribution in [-0.4, -0.2) is 47.1 Å². The second-order valence-electron chi connectivity index (χ2n) is 9.96. The summed E-state index contributed by atoms with van der Waals surface area (Å²) in [6.45, 7) is 7.41. The van der Waals surface area contributed by atoms with E-state index < -0.39 is 5.60 Å². The minimum Gasteiger partial charge on any atom is -0.461 e. The number of carbonyl (C=O) groups is 2. The highest BCUT2D eigenvalue weighted by atomic mass is 16.6. The Hall–Kier alpha value is -1.14. The van der Waals surface area contributed by atoms with E-state index in [4.69, 9.17) is 9.47 Å². The van der Waals surface area contributed by atoms with Gasteiger partial charge in [0.1, 0.15) is 6.61 Å². The van der Waals surface area contributed by atoms with Crippen LogP contribution in [0.4, 0.5) is 0 Å². The lowest BCUT2D eigenvalue weighted by atomic mass is 10.0. The summed E-state index contributed by atoms with van der Waals surface area (Å²) < 4.78 is 11.0. The van der Waals surface area contributed by atoms with Crippen molar-refractivity contribution in [1.29, 1.82) is 0 Å². The molecule has 2 N–H and O–H groups in total. The number of ether oxygens (including phenoxy) is 2. The average Bonchev–Trinajstić information content (AvgIpc) is 2.84. The van der Waals surface area contributed by atoms with Crippen LogP contribution in [0.2, 0.25) is 0 Å². The zero-order valence-electron chi connectivity index (χ0n) is 22.6. The fourth-order valence-electron chi connectivity index (χ4n) is 3.94. The predicted octanol–water partition coefficient (Wildman–Crippen LogP) is 7.76. The average molecular weight is 519 g/mol. The topological polar surface area (TPSA) is 93.1 Å². The third-order valence-electron chi connectivity index (χ3n) is 6.77. The van der Waals surface area contributed by atoms with Gasteiger partial charge in [0, 0.05) is 6.42 Å². The van der Waals surface area contributed by atoms with Crippen LogP contribution in [-0.2, 0) is 19.1 Å². The molecule has 0 amide bonds. The van der Waals surface area contributed by atoms with Crippen LogP contribution in [0.5, 0.6) is 0 Å². The standard InChI is InChI=1S/C28H54O6.2CH4/c1-5-8-9-16-19-24(4)27(32)33-23-28(7-3,22-29)34-26(31)21-18-15-13-11-10-12-14-17-20-25(30)6-2;;/h24-25,29-30H,5-23H2,1-4H3;2*1H4. The van der Waals surface area contributed by atoms with E-state index in [0.29, 0.717) is 12.8 Å². The van der Waals surface area contributed by atoms with Crippen LogP contribution in [0.15, 0.2) is 0 Å². The molecule has 0 saturated heterocycles. The van der Waals surface area contributed by atoms with E-state index in [9.17, 15) is 19.8 Å². The van der Waals surface area contributed by atoms with Crippen molar-refractivity contribution < 1.29 is 29.3 Å². The maximum atomic E-state index is 12.4. The van der Waals surface area contributed by atoms with Crippen LogP contribution < -0.4 is 0 Å². The van der Waals surface area contributed by atoms with E-state index in [2.05, 4.69) is 6.92 Å². The van der Waals surface area contributed by atoms with Gasteiger partial charge in [-0.2, -0.15) is 0 Å². The highest BCUT2D eigenvalue weighted by molar-refractivity contribution is 5.72. The first-order valence-electron chi connectivity index (χ1n) is 14.0. The van der Waals surface area contributed by atoms with Gasteiger partial charge in [0.05, 0.1) is 18.6 Å². The molecule has 0 fully saturated rings. The second kappa shape index (κ2) is 25.5. The van der Waals surface area contributed by atoms with E-state index in [1.807, 2.05) is 20.8 Å². The lowest BCUT2D eigenvalue weighted by Gasteiger charge is -2.30. The molecule has 36 heavy (non-hydrogen) atoms. The molecular weight excluding hydrogens is 456 g/mol. The number of esters is 2. The van der Waals surface area contributed by atoms with Crippen LogP contribution in [0, 0.1) is 5.92 Å². The molecule has 0 radical (unpaired) electrons. The van der Waals surface area contributed by atoms with Crippen LogP contribution >= 0.6 is 0 Å². The number of aliphatic hydroxyl groups excluding tert-OH is 2. The van der Waals surface area contributed by atoms with Crippen molar-refractivity contribution in [2.24, 2.45) is 5.92 Å². The Kier molecular flexibility index (Phi) is 27.9. The molecule has 6 heteroatoms. The van der Waals surface area contributed by atoms with Gasteiger partial charge in [0.2, 0.25) is 0 Å². The Morgan fingerprint density at radius 1 is 0.806 bits per heavy atom. The number of hydrogen-bond acceptors (Lipinski definition) is 6. The van der Waals surface area contributed by atoms with E-state index >= 15 is 0 Å². The van der Waals surface area contributed by atoms with Crippen LogP contribution in [0.25, 0.3) is 0 Å². The third-order valence-corrected chi connectivity index (χ3v) is 6.77. The quantitative estimate of drug-likeness (QED) is 0.106. The van der Waals surface area contributed by atoms with Crippen molar-refractivity contribution in [1.82, 2.24) is 0 Å². The number of carbonyl (C=O) groups excluding carboxylic acids is 2. The summed E-state index contributed by atoms with van der Waals surface area (Å²) in [6, 6.07) is 0. The van der Waals surface area contributed by atoms with Gasteiger partial charge in [-0.05, 0) is 32.1 Å². The minimum absolute atomic E-state index is 0. The molecule has 0 aromatic heterocycles. The van der Waals surface area contributed by atoms with Gasteiger partial charge in [-0.1, -0.05) is 113 Å². The van der Waals surface area contributed by atoms with Crippen molar-refractivity contribution in [2.75, 3.05) is 13.2 Å². The van der Waals surface area contributed by atoms with Crippen molar-refractivity contribution in [3.8, 4) is 0 Å². The van der Waals surface area contributed by atoms with Crippen molar-refractivity contribution in [3.05, 3.63) is 0 Å². The monoisotopic (exact) mass is 518 g/mol. The van der Waals surface area contributed by atoms with Gasteiger partial charge in [0.25, 0.3) is 0 Å². The molecule has 0 bridgehead atoms. The fourth-order valence-corrected chi connectivity index (χ4v) is 3.94. The molecule has 0 rings (SSSR count). The molecule has 0 aliphatic rings. The molecule has 3 atom stereocenters. The molecule has 218 valence electrons. The van der Waals surface area contributed by atoms with E-state index in [0.717, 1.165) is 70.6 Å². The van der Waals surface area contributed by atoms with Gasteiger partial charge < -0.3 is 19.7 Å². The summed E-state index contributed by atoms with van der Waals surface area (Å²) in [4.78, 5) is 24.7. The molecule has 0 aromatic rings. The molecule has 0 spiro atoms. The largest absolute Gasteiger partial charge is 0.461 e. The first-order valence-corrected chi connectivity index (χ1v) is 14.0. The molecule has 6 nitrogen and oxygen atoms in total. The first-order chi connectivity index (χ1) is 16.3. The third kappa shape index (κ3) is 20.0. The Morgan fingerprint density at radius 2 is 1.33 bits per heavy atom. The molecule has 0 saturated carbocycles. The van der Waals surface area contributed by atoms with E-state index in [1.54, 1.807) is 0 Å². The van der Waals surface area contributed by atoms with Crippen LogP contribution in [0.1, 0.15) is 152 Å². The Bertz CT molecular complexity index is 504. The smallest absolute Gasteiger partial charge is 0.308 e.